The van der Waals surface area contributed by atoms with E-state index in [2.05, 4.69) is 4.98 Å². The second-order valence-electron chi connectivity index (χ2n) is 4.23. The number of pyridine rings is 1. The lowest BCUT2D eigenvalue weighted by Crippen LogP contribution is -2.12. The van der Waals surface area contributed by atoms with E-state index in [1.54, 1.807) is 6.20 Å². The average Bonchev–Trinajstić information content (AvgIpc) is 2.71. The van der Waals surface area contributed by atoms with Crippen LogP contribution in [-0.2, 0) is 0 Å². The van der Waals surface area contributed by atoms with Gasteiger partial charge in [-0.05, 0) is 44.7 Å². The number of nitrogens with two attached hydrogens (primary N) is 1. The van der Waals surface area contributed by atoms with Crippen LogP contribution in [0.25, 0.3) is 0 Å². The van der Waals surface area contributed by atoms with Crippen molar-refractivity contribution in [3.05, 3.63) is 24.0 Å². The third-order valence-corrected chi connectivity index (χ3v) is 2.83. The molecule has 3 nitrogen and oxygen atoms in total. The van der Waals surface area contributed by atoms with Crippen LogP contribution in [0.3, 0.4) is 0 Å². The Hall–Kier alpha value is -1.09. The van der Waals surface area contributed by atoms with Crippen molar-refractivity contribution in [1.29, 1.82) is 0 Å². The molecule has 1 aromatic heterocycles. The van der Waals surface area contributed by atoms with Crippen molar-refractivity contribution >= 4 is 0 Å². The maximum Gasteiger partial charge on any atom is 0.138 e. The number of aromatic nitrogens is 1. The molecule has 0 bridgehead atoms. The molecule has 0 aliphatic heterocycles. The summed E-state index contributed by atoms with van der Waals surface area (Å²) < 4.78 is 5.81. The lowest BCUT2D eigenvalue weighted by atomic mass is 10.2. The summed E-state index contributed by atoms with van der Waals surface area (Å²) in [5.74, 6) is 0.867. The minimum atomic E-state index is -0.00877. The predicted octanol–water partition coefficient (Wildman–Crippen LogP) is 2.42. The van der Waals surface area contributed by atoms with Gasteiger partial charge in [-0.3, -0.25) is 4.98 Å². The summed E-state index contributed by atoms with van der Waals surface area (Å²) in [7, 11) is 0. The Morgan fingerprint density at radius 2 is 2.13 bits per heavy atom. The monoisotopic (exact) mass is 206 g/mol. The van der Waals surface area contributed by atoms with E-state index in [1.165, 1.54) is 25.7 Å². The van der Waals surface area contributed by atoms with Crippen LogP contribution in [-0.4, -0.2) is 11.1 Å². The van der Waals surface area contributed by atoms with Gasteiger partial charge in [0.2, 0.25) is 0 Å². The molecule has 1 saturated carbocycles. The smallest absolute Gasteiger partial charge is 0.138 e. The Morgan fingerprint density at radius 1 is 1.40 bits per heavy atom. The topological polar surface area (TPSA) is 48.1 Å². The molecule has 1 aliphatic carbocycles. The van der Waals surface area contributed by atoms with Crippen LogP contribution in [0, 0.1) is 0 Å². The molecule has 0 aromatic carbocycles. The Balaban J connectivity index is 1.97. The van der Waals surface area contributed by atoms with Gasteiger partial charge in [-0.2, -0.15) is 0 Å². The minimum Gasteiger partial charge on any atom is -0.489 e. The lowest BCUT2D eigenvalue weighted by molar-refractivity contribution is 0.209. The van der Waals surface area contributed by atoms with E-state index in [9.17, 15) is 0 Å². The molecule has 2 rings (SSSR count). The first kappa shape index (κ1) is 10.4. The van der Waals surface area contributed by atoms with Gasteiger partial charge in [0.1, 0.15) is 5.75 Å². The highest BCUT2D eigenvalue weighted by molar-refractivity contribution is 5.21. The molecule has 3 heteroatoms. The van der Waals surface area contributed by atoms with Gasteiger partial charge >= 0.3 is 0 Å². The van der Waals surface area contributed by atoms with E-state index in [1.807, 2.05) is 19.1 Å². The molecular formula is C12H18N2O. The number of rotatable bonds is 3. The highest BCUT2D eigenvalue weighted by atomic mass is 16.5. The first-order valence-corrected chi connectivity index (χ1v) is 5.64. The standard InChI is InChI=1S/C12H18N2O/c1-9(13)12-7-6-11(8-14-12)15-10-4-2-3-5-10/h6-10H,2-5,13H2,1H3. The first-order valence-electron chi connectivity index (χ1n) is 5.64. The Labute approximate surface area is 90.7 Å². The molecule has 1 aliphatic rings. The third kappa shape index (κ3) is 2.69. The molecule has 1 heterocycles. The van der Waals surface area contributed by atoms with E-state index < -0.39 is 0 Å². The molecule has 82 valence electrons. The highest BCUT2D eigenvalue weighted by Crippen LogP contribution is 2.23. The molecule has 0 spiro atoms. The highest BCUT2D eigenvalue weighted by Gasteiger charge is 2.16. The molecule has 0 amide bonds. The Kier molecular flexibility index (Phi) is 3.21. The van der Waals surface area contributed by atoms with Gasteiger partial charge in [0.15, 0.2) is 0 Å². The summed E-state index contributed by atoms with van der Waals surface area (Å²) >= 11 is 0. The van der Waals surface area contributed by atoms with Gasteiger partial charge in [-0.25, -0.2) is 0 Å². The zero-order valence-electron chi connectivity index (χ0n) is 9.15. The first-order chi connectivity index (χ1) is 7.25. The number of ether oxygens (including phenoxy) is 1. The van der Waals surface area contributed by atoms with Crippen LogP contribution in [0.15, 0.2) is 18.3 Å². The van der Waals surface area contributed by atoms with Crippen molar-refractivity contribution < 1.29 is 4.74 Å². The van der Waals surface area contributed by atoms with Crippen LogP contribution in [0.4, 0.5) is 0 Å². The average molecular weight is 206 g/mol. The van der Waals surface area contributed by atoms with E-state index >= 15 is 0 Å². The summed E-state index contributed by atoms with van der Waals surface area (Å²) in [6.07, 6.45) is 7.10. The van der Waals surface area contributed by atoms with E-state index in [0.717, 1.165) is 11.4 Å². The fourth-order valence-electron chi connectivity index (χ4n) is 1.93. The van der Waals surface area contributed by atoms with E-state index in [4.69, 9.17) is 10.5 Å². The quantitative estimate of drug-likeness (QED) is 0.826. The molecule has 15 heavy (non-hydrogen) atoms. The van der Waals surface area contributed by atoms with Crippen LogP contribution in [0.2, 0.25) is 0 Å². The van der Waals surface area contributed by atoms with Gasteiger partial charge in [-0.15, -0.1) is 0 Å². The summed E-state index contributed by atoms with van der Waals surface area (Å²) in [4.78, 5) is 4.27. The molecule has 1 unspecified atom stereocenters. The van der Waals surface area contributed by atoms with Crippen molar-refractivity contribution in [2.45, 2.75) is 44.8 Å². The number of hydrogen-bond donors (Lipinski definition) is 1. The van der Waals surface area contributed by atoms with Crippen LogP contribution < -0.4 is 10.5 Å². The van der Waals surface area contributed by atoms with Crippen LogP contribution >= 0.6 is 0 Å². The van der Waals surface area contributed by atoms with Crippen molar-refractivity contribution in [1.82, 2.24) is 4.98 Å². The lowest BCUT2D eigenvalue weighted by Gasteiger charge is -2.13. The summed E-state index contributed by atoms with van der Waals surface area (Å²) in [5.41, 5.74) is 6.63. The SMILES string of the molecule is CC(N)c1ccc(OC2CCCC2)cn1. The van der Waals surface area contributed by atoms with Gasteiger partial charge in [0.05, 0.1) is 18.0 Å². The zero-order valence-corrected chi connectivity index (χ0v) is 9.15. The number of nitrogens with zero attached hydrogens (tertiary/aromatic N) is 1. The molecule has 0 radical (unpaired) electrons. The van der Waals surface area contributed by atoms with Crippen molar-refractivity contribution in [3.63, 3.8) is 0 Å². The summed E-state index contributed by atoms with van der Waals surface area (Å²) in [6.45, 7) is 1.93. The van der Waals surface area contributed by atoms with E-state index in [0.29, 0.717) is 6.10 Å². The molecule has 1 fully saturated rings. The van der Waals surface area contributed by atoms with Crippen molar-refractivity contribution in [2.24, 2.45) is 5.73 Å². The van der Waals surface area contributed by atoms with Crippen molar-refractivity contribution in [3.8, 4) is 5.75 Å². The second-order valence-corrected chi connectivity index (χ2v) is 4.23. The number of hydrogen-bond acceptors (Lipinski definition) is 3. The fourth-order valence-corrected chi connectivity index (χ4v) is 1.93. The largest absolute Gasteiger partial charge is 0.489 e. The molecular weight excluding hydrogens is 188 g/mol. The van der Waals surface area contributed by atoms with Crippen LogP contribution in [0.1, 0.15) is 44.3 Å². The Morgan fingerprint density at radius 3 is 2.67 bits per heavy atom. The molecule has 2 N–H and O–H groups in total. The zero-order chi connectivity index (χ0) is 10.7. The molecule has 1 aromatic rings. The third-order valence-electron chi connectivity index (χ3n) is 2.83. The van der Waals surface area contributed by atoms with Gasteiger partial charge in [0.25, 0.3) is 0 Å². The summed E-state index contributed by atoms with van der Waals surface area (Å²) in [6, 6.07) is 3.89. The molecule has 1 atom stereocenters. The molecule has 0 saturated heterocycles. The van der Waals surface area contributed by atoms with E-state index in [-0.39, 0.29) is 6.04 Å². The fraction of sp³-hybridized carbons (Fsp3) is 0.583. The Bertz CT molecular complexity index is 302. The van der Waals surface area contributed by atoms with Gasteiger partial charge in [-0.1, -0.05) is 0 Å². The van der Waals surface area contributed by atoms with Crippen molar-refractivity contribution in [2.75, 3.05) is 0 Å². The van der Waals surface area contributed by atoms with Crippen LogP contribution in [0.5, 0.6) is 5.75 Å². The minimum absolute atomic E-state index is 0.00877. The predicted molar refractivity (Wildman–Crippen MR) is 59.7 cm³/mol. The second kappa shape index (κ2) is 4.62. The maximum atomic E-state index is 5.81. The maximum absolute atomic E-state index is 5.81. The van der Waals surface area contributed by atoms with Gasteiger partial charge in [0, 0.05) is 6.04 Å². The summed E-state index contributed by atoms with van der Waals surface area (Å²) in [5, 5.41) is 0. The van der Waals surface area contributed by atoms with Gasteiger partial charge < -0.3 is 10.5 Å². The normalized spacial score (nSPS) is 19.1.